The van der Waals surface area contributed by atoms with Gasteiger partial charge in [0.25, 0.3) is 0 Å². The molecule has 2 aliphatic heterocycles. The van der Waals surface area contributed by atoms with E-state index < -0.39 is 46.2 Å². The maximum atomic E-state index is 12.3. The molecule has 122 valence electrons. The van der Waals surface area contributed by atoms with Crippen molar-refractivity contribution in [1.82, 2.24) is 0 Å². The number of carbonyl (C=O) groups excluding carboxylic acids is 2. The molecule has 2 saturated carbocycles. The summed E-state index contributed by atoms with van der Waals surface area (Å²) in [4.78, 5) is 24.4. The first-order valence-corrected chi connectivity index (χ1v) is 7.63. The quantitative estimate of drug-likeness (QED) is 0.498. The lowest BCUT2D eigenvalue weighted by Gasteiger charge is -2.68. The lowest BCUT2D eigenvalue weighted by Crippen LogP contribution is -2.85. The summed E-state index contributed by atoms with van der Waals surface area (Å²) < 4.78 is 10.2. The van der Waals surface area contributed by atoms with Gasteiger partial charge in [-0.3, -0.25) is 9.59 Å². The summed E-state index contributed by atoms with van der Waals surface area (Å²) in [5, 5.41) is 33.1. The van der Waals surface area contributed by atoms with E-state index in [-0.39, 0.29) is 31.8 Å². The average Bonchev–Trinajstić information content (AvgIpc) is 2.58. The Bertz CT molecular complexity index is 586. The molecule has 0 aromatic rings. The molecule has 0 aromatic heterocycles. The number of carbonyl (C=O) groups is 2. The van der Waals surface area contributed by atoms with Gasteiger partial charge in [0.05, 0.1) is 12.5 Å². The summed E-state index contributed by atoms with van der Waals surface area (Å²) in [5.41, 5.74) is -6.32. The van der Waals surface area contributed by atoms with E-state index in [1.165, 1.54) is 6.92 Å². The van der Waals surface area contributed by atoms with Crippen LogP contribution >= 0.6 is 0 Å². The summed E-state index contributed by atoms with van der Waals surface area (Å²) >= 11 is 0. The smallest absolute Gasteiger partial charge is 0.321 e. The van der Waals surface area contributed by atoms with Gasteiger partial charge < -0.3 is 24.8 Å². The SMILES string of the molecule is C[C@@H]1C[C@@H](O)[C@@]2(O)[C@]13CC(=O)O[C@H](C3)[C@](C)(O)[C@@]21COC1=O. The van der Waals surface area contributed by atoms with Gasteiger partial charge in [0.2, 0.25) is 0 Å². The fourth-order valence-electron chi connectivity index (χ4n) is 5.58. The van der Waals surface area contributed by atoms with Crippen LogP contribution in [0.1, 0.15) is 33.1 Å². The molecule has 2 bridgehead atoms. The Morgan fingerprint density at radius 3 is 2.50 bits per heavy atom. The molecule has 7 nitrogen and oxygen atoms in total. The Morgan fingerprint density at radius 2 is 1.95 bits per heavy atom. The van der Waals surface area contributed by atoms with E-state index in [0.717, 1.165) is 0 Å². The summed E-state index contributed by atoms with van der Waals surface area (Å²) in [6.07, 6.45) is -1.66. The zero-order valence-electron chi connectivity index (χ0n) is 12.5. The number of esters is 2. The second-order valence-corrected chi connectivity index (χ2v) is 7.56. The van der Waals surface area contributed by atoms with Crippen molar-refractivity contribution in [3.63, 3.8) is 0 Å². The van der Waals surface area contributed by atoms with Gasteiger partial charge in [0.1, 0.15) is 23.9 Å². The second-order valence-electron chi connectivity index (χ2n) is 7.56. The third kappa shape index (κ3) is 1.10. The van der Waals surface area contributed by atoms with Gasteiger partial charge in [-0.25, -0.2) is 0 Å². The molecule has 0 unspecified atom stereocenters. The van der Waals surface area contributed by atoms with Gasteiger partial charge in [-0.2, -0.15) is 0 Å². The van der Waals surface area contributed by atoms with Gasteiger partial charge in [-0.05, 0) is 25.7 Å². The van der Waals surface area contributed by atoms with Crippen molar-refractivity contribution in [2.75, 3.05) is 6.61 Å². The predicted molar refractivity (Wildman–Crippen MR) is 70.3 cm³/mol. The van der Waals surface area contributed by atoms with Crippen LogP contribution < -0.4 is 0 Å². The molecule has 0 aromatic carbocycles. The van der Waals surface area contributed by atoms with E-state index in [0.29, 0.717) is 0 Å². The Balaban J connectivity index is 2.01. The van der Waals surface area contributed by atoms with Crippen LogP contribution in [0.4, 0.5) is 0 Å². The number of fused-ring (bicyclic) bond motifs is 2. The van der Waals surface area contributed by atoms with Gasteiger partial charge in [0.15, 0.2) is 5.41 Å². The van der Waals surface area contributed by atoms with E-state index in [4.69, 9.17) is 9.47 Å². The zero-order valence-corrected chi connectivity index (χ0v) is 12.5. The summed E-state index contributed by atoms with van der Waals surface area (Å²) in [5.74, 6) is -1.43. The summed E-state index contributed by atoms with van der Waals surface area (Å²) in [6, 6.07) is 0. The molecule has 7 heteroatoms. The van der Waals surface area contributed by atoms with Crippen molar-refractivity contribution in [2.45, 2.75) is 56.5 Å². The lowest BCUT2D eigenvalue weighted by molar-refractivity contribution is -0.358. The number of aliphatic hydroxyl groups is 3. The highest BCUT2D eigenvalue weighted by atomic mass is 16.6. The van der Waals surface area contributed by atoms with Gasteiger partial charge >= 0.3 is 11.9 Å². The highest BCUT2D eigenvalue weighted by molar-refractivity contribution is 5.87. The molecule has 2 spiro atoms. The third-order valence-corrected chi connectivity index (χ3v) is 6.95. The number of aliphatic hydroxyl groups excluding tert-OH is 1. The number of cyclic esters (lactones) is 1. The zero-order chi connectivity index (χ0) is 16.1. The molecule has 4 aliphatic rings. The molecular weight excluding hydrogens is 292 g/mol. The molecule has 7 atom stereocenters. The molecule has 3 N–H and O–H groups in total. The topological polar surface area (TPSA) is 113 Å². The number of hydrogen-bond donors (Lipinski definition) is 3. The largest absolute Gasteiger partial charge is 0.464 e. The highest BCUT2D eigenvalue weighted by Gasteiger charge is 2.87. The summed E-state index contributed by atoms with van der Waals surface area (Å²) in [6.45, 7) is 3.05. The second kappa shape index (κ2) is 3.66. The molecule has 4 fully saturated rings. The summed E-state index contributed by atoms with van der Waals surface area (Å²) in [7, 11) is 0. The average molecular weight is 312 g/mol. The fraction of sp³-hybridized carbons (Fsp3) is 0.867. The first kappa shape index (κ1) is 14.4. The molecule has 2 saturated heterocycles. The third-order valence-electron chi connectivity index (χ3n) is 6.95. The van der Waals surface area contributed by atoms with Crippen molar-refractivity contribution in [3.05, 3.63) is 0 Å². The molecule has 2 heterocycles. The molecule has 0 amide bonds. The van der Waals surface area contributed by atoms with E-state index in [1.54, 1.807) is 0 Å². The molecule has 2 aliphatic carbocycles. The number of rotatable bonds is 0. The van der Waals surface area contributed by atoms with Crippen LogP contribution in [0.5, 0.6) is 0 Å². The van der Waals surface area contributed by atoms with Crippen molar-refractivity contribution in [1.29, 1.82) is 0 Å². The monoisotopic (exact) mass is 312 g/mol. The Morgan fingerprint density at radius 1 is 1.27 bits per heavy atom. The van der Waals surface area contributed by atoms with Crippen molar-refractivity contribution in [2.24, 2.45) is 16.7 Å². The first-order chi connectivity index (χ1) is 10.1. The maximum Gasteiger partial charge on any atom is 0.321 e. The van der Waals surface area contributed by atoms with Crippen LogP contribution in [0.2, 0.25) is 0 Å². The minimum absolute atomic E-state index is 0.0661. The Hall–Kier alpha value is -1.18. The van der Waals surface area contributed by atoms with Gasteiger partial charge in [-0.15, -0.1) is 0 Å². The van der Waals surface area contributed by atoms with Crippen LogP contribution in [-0.4, -0.2) is 57.3 Å². The normalized spacial score (nSPS) is 59.6. The lowest BCUT2D eigenvalue weighted by atomic mass is 9.42. The van der Waals surface area contributed by atoms with Crippen molar-refractivity contribution < 1.29 is 34.4 Å². The highest BCUT2D eigenvalue weighted by Crippen LogP contribution is 2.72. The number of hydrogen-bond acceptors (Lipinski definition) is 7. The van der Waals surface area contributed by atoms with Crippen LogP contribution in [0.25, 0.3) is 0 Å². The van der Waals surface area contributed by atoms with Gasteiger partial charge in [-0.1, -0.05) is 6.92 Å². The van der Waals surface area contributed by atoms with E-state index in [9.17, 15) is 24.9 Å². The van der Waals surface area contributed by atoms with E-state index in [1.807, 2.05) is 6.92 Å². The molecular formula is C15H20O7. The standard InChI is InChI=1S/C15H20O7/c1-7-3-8(16)15(20)13(7)4-9(22-10(17)5-13)12(2,19)14(15)6-21-11(14)18/h7-9,16,19-20H,3-6H2,1-2H3/t7-,8-,9-,12+,13-,14+,15-/m1/s1. The van der Waals surface area contributed by atoms with E-state index >= 15 is 0 Å². The van der Waals surface area contributed by atoms with Crippen molar-refractivity contribution in [3.8, 4) is 0 Å². The molecule has 0 radical (unpaired) electrons. The van der Waals surface area contributed by atoms with Crippen LogP contribution in [-0.2, 0) is 19.1 Å². The Labute approximate surface area is 127 Å². The Kier molecular flexibility index (Phi) is 2.40. The van der Waals surface area contributed by atoms with Crippen LogP contribution in [0, 0.1) is 16.7 Å². The molecule has 4 rings (SSSR count). The predicted octanol–water partition coefficient (Wildman–Crippen LogP) is -0.882. The maximum absolute atomic E-state index is 12.3. The van der Waals surface area contributed by atoms with Crippen LogP contribution in [0.3, 0.4) is 0 Å². The van der Waals surface area contributed by atoms with Crippen LogP contribution in [0.15, 0.2) is 0 Å². The molecule has 22 heavy (non-hydrogen) atoms. The van der Waals surface area contributed by atoms with Crippen molar-refractivity contribution >= 4 is 11.9 Å². The minimum Gasteiger partial charge on any atom is -0.464 e. The first-order valence-electron chi connectivity index (χ1n) is 7.63. The van der Waals surface area contributed by atoms with E-state index in [2.05, 4.69) is 0 Å². The van der Waals surface area contributed by atoms with Gasteiger partial charge in [0, 0.05) is 5.41 Å². The fourth-order valence-corrected chi connectivity index (χ4v) is 5.58. The number of ether oxygens (including phenoxy) is 2. The minimum atomic E-state index is -1.89.